The van der Waals surface area contributed by atoms with Crippen LogP contribution in [0.25, 0.3) is 0 Å². The summed E-state index contributed by atoms with van der Waals surface area (Å²) in [5.41, 5.74) is 0. The van der Waals surface area contributed by atoms with Gasteiger partial charge in [-0.15, -0.1) is 0 Å². The zero-order valence-electron chi connectivity index (χ0n) is 26.5. The van der Waals surface area contributed by atoms with Gasteiger partial charge in [0, 0.05) is 0 Å². The number of unbranched alkanes of at least 4 members (excludes halogenated alkanes) is 20. The Hall–Kier alpha value is -1.17. The number of carbonyl (C=O) groups is 1. The van der Waals surface area contributed by atoms with Crippen LogP contribution in [-0.2, 0) is 4.79 Å². The summed E-state index contributed by atoms with van der Waals surface area (Å²) in [4.78, 5) is 12.3. The van der Waals surface area contributed by atoms with Crippen LogP contribution in [-0.4, -0.2) is 46.1 Å². The van der Waals surface area contributed by atoms with Crippen LogP contribution in [0.1, 0.15) is 168 Å². The second kappa shape index (κ2) is 30.8. The number of rotatable bonds is 30. The van der Waals surface area contributed by atoms with E-state index in [0.29, 0.717) is 6.42 Å². The minimum absolute atomic E-state index is 0.374. The molecule has 40 heavy (non-hydrogen) atoms. The third-order valence-corrected chi connectivity index (χ3v) is 7.79. The number of carbonyl (C=O) groups excluding carboxylic acids is 1. The molecule has 0 fully saturated rings. The molecule has 0 aromatic carbocycles. The Morgan fingerprint density at radius 3 is 1.52 bits per heavy atom. The van der Waals surface area contributed by atoms with Crippen LogP contribution >= 0.6 is 0 Å². The van der Waals surface area contributed by atoms with Gasteiger partial charge in [-0.25, -0.2) is 0 Å². The van der Waals surface area contributed by atoms with E-state index >= 15 is 0 Å². The van der Waals surface area contributed by atoms with Gasteiger partial charge in [0.15, 0.2) is 0 Å². The van der Waals surface area contributed by atoms with Crippen molar-refractivity contribution in [2.24, 2.45) is 0 Å². The van der Waals surface area contributed by atoms with Crippen molar-refractivity contribution in [3.8, 4) is 0 Å². The highest BCUT2D eigenvalue weighted by Crippen LogP contribution is 2.14. The fourth-order valence-corrected chi connectivity index (χ4v) is 5.02. The summed E-state index contributed by atoms with van der Waals surface area (Å²) in [6.07, 6.45) is 34.7. The molecule has 0 aliphatic carbocycles. The zero-order chi connectivity index (χ0) is 29.5. The van der Waals surface area contributed by atoms with E-state index in [1.54, 1.807) is 6.08 Å². The SMILES string of the molecule is CCCCCCCCC/C=C/CC/C=C/C(O)C(CO)NC(=O)C(O)CCCCCCCCCCCCCCC. The average Bonchev–Trinajstić information content (AvgIpc) is 2.96. The van der Waals surface area contributed by atoms with Gasteiger partial charge in [-0.1, -0.05) is 160 Å². The summed E-state index contributed by atoms with van der Waals surface area (Å²) >= 11 is 0. The highest BCUT2D eigenvalue weighted by Gasteiger charge is 2.22. The molecule has 0 spiro atoms. The lowest BCUT2D eigenvalue weighted by Gasteiger charge is -2.21. The number of hydrogen-bond donors (Lipinski definition) is 4. The first kappa shape index (κ1) is 38.8. The molecule has 0 aromatic rings. The van der Waals surface area contributed by atoms with Gasteiger partial charge in [0.1, 0.15) is 6.10 Å². The van der Waals surface area contributed by atoms with E-state index in [-0.39, 0.29) is 6.61 Å². The number of aliphatic hydroxyl groups excluding tert-OH is 3. The molecule has 0 aliphatic rings. The van der Waals surface area contributed by atoms with Crippen LogP contribution < -0.4 is 5.32 Å². The van der Waals surface area contributed by atoms with Crippen molar-refractivity contribution in [3.63, 3.8) is 0 Å². The van der Waals surface area contributed by atoms with E-state index in [4.69, 9.17) is 0 Å². The Morgan fingerprint density at radius 2 is 1.02 bits per heavy atom. The lowest BCUT2D eigenvalue weighted by atomic mass is 10.0. The van der Waals surface area contributed by atoms with Gasteiger partial charge in [0.2, 0.25) is 5.91 Å². The quantitative estimate of drug-likeness (QED) is 0.0518. The summed E-state index contributed by atoms with van der Waals surface area (Å²) in [5.74, 6) is -0.515. The van der Waals surface area contributed by atoms with Crippen molar-refractivity contribution in [2.45, 2.75) is 186 Å². The maximum Gasteiger partial charge on any atom is 0.249 e. The molecule has 1 amide bonds. The van der Waals surface area contributed by atoms with Gasteiger partial charge in [-0.05, 0) is 32.1 Å². The van der Waals surface area contributed by atoms with Crippen LogP contribution in [0.15, 0.2) is 24.3 Å². The van der Waals surface area contributed by atoms with Crippen molar-refractivity contribution in [1.29, 1.82) is 0 Å². The van der Waals surface area contributed by atoms with Crippen LogP contribution in [0.3, 0.4) is 0 Å². The van der Waals surface area contributed by atoms with E-state index < -0.39 is 24.2 Å². The highest BCUT2D eigenvalue weighted by atomic mass is 16.3. The molecule has 3 atom stereocenters. The van der Waals surface area contributed by atoms with E-state index in [2.05, 4.69) is 31.3 Å². The summed E-state index contributed by atoms with van der Waals surface area (Å²) in [5, 5.41) is 32.8. The third kappa shape index (κ3) is 25.8. The summed E-state index contributed by atoms with van der Waals surface area (Å²) in [6.45, 7) is 4.13. The molecule has 0 rings (SSSR count). The Morgan fingerprint density at radius 1 is 0.600 bits per heavy atom. The summed E-state index contributed by atoms with van der Waals surface area (Å²) in [6, 6.07) is -0.807. The predicted molar refractivity (Wildman–Crippen MR) is 171 cm³/mol. The molecule has 0 bridgehead atoms. The van der Waals surface area contributed by atoms with Crippen LogP contribution in [0.5, 0.6) is 0 Å². The normalized spacial score (nSPS) is 14.2. The second-order valence-electron chi connectivity index (χ2n) is 11.7. The standard InChI is InChI=1S/C35H67NO4/c1-3-5-7-9-11-13-15-17-19-21-23-25-27-29-33(38)32(31-37)36-35(40)34(39)30-28-26-24-22-20-18-16-14-12-10-8-6-4-2/h19,21,27,29,32-34,37-39H,3-18,20,22-26,28,30-31H2,1-2H3,(H,36,40)/b21-19+,29-27+. The van der Waals surface area contributed by atoms with E-state index in [9.17, 15) is 20.1 Å². The van der Waals surface area contributed by atoms with Crippen LogP contribution in [0.4, 0.5) is 0 Å². The Labute approximate surface area is 248 Å². The molecule has 0 saturated heterocycles. The molecule has 5 nitrogen and oxygen atoms in total. The maximum absolute atomic E-state index is 12.3. The minimum Gasteiger partial charge on any atom is -0.394 e. The monoisotopic (exact) mass is 566 g/mol. The van der Waals surface area contributed by atoms with Crippen molar-refractivity contribution < 1.29 is 20.1 Å². The van der Waals surface area contributed by atoms with E-state index in [1.165, 1.54) is 109 Å². The van der Waals surface area contributed by atoms with Gasteiger partial charge in [0.05, 0.1) is 18.8 Å². The number of hydrogen-bond acceptors (Lipinski definition) is 4. The molecule has 5 heteroatoms. The molecule has 0 radical (unpaired) electrons. The van der Waals surface area contributed by atoms with Gasteiger partial charge < -0.3 is 20.6 Å². The topological polar surface area (TPSA) is 89.8 Å². The van der Waals surface area contributed by atoms with E-state index in [1.807, 2.05) is 6.08 Å². The fourth-order valence-electron chi connectivity index (χ4n) is 5.02. The van der Waals surface area contributed by atoms with E-state index in [0.717, 1.165) is 38.5 Å². The first-order chi connectivity index (χ1) is 19.6. The Balaban J connectivity index is 3.82. The van der Waals surface area contributed by atoms with Gasteiger partial charge in [-0.2, -0.15) is 0 Å². The molecule has 0 saturated carbocycles. The Kier molecular flexibility index (Phi) is 29.9. The molecule has 236 valence electrons. The number of aliphatic hydroxyl groups is 3. The van der Waals surface area contributed by atoms with Crippen molar-refractivity contribution in [3.05, 3.63) is 24.3 Å². The maximum atomic E-state index is 12.3. The number of allylic oxidation sites excluding steroid dienone is 3. The molecular weight excluding hydrogens is 498 g/mol. The molecule has 4 N–H and O–H groups in total. The van der Waals surface area contributed by atoms with Crippen molar-refractivity contribution >= 4 is 5.91 Å². The first-order valence-electron chi connectivity index (χ1n) is 17.2. The molecule has 0 aromatic heterocycles. The second-order valence-corrected chi connectivity index (χ2v) is 11.7. The van der Waals surface area contributed by atoms with Gasteiger partial charge >= 0.3 is 0 Å². The lowest BCUT2D eigenvalue weighted by Crippen LogP contribution is -2.48. The smallest absolute Gasteiger partial charge is 0.249 e. The zero-order valence-corrected chi connectivity index (χ0v) is 26.5. The molecular formula is C35H67NO4. The third-order valence-electron chi connectivity index (χ3n) is 7.79. The van der Waals surface area contributed by atoms with Crippen molar-refractivity contribution in [2.75, 3.05) is 6.61 Å². The summed E-state index contributed by atoms with van der Waals surface area (Å²) in [7, 11) is 0. The minimum atomic E-state index is -1.10. The van der Waals surface area contributed by atoms with Crippen molar-refractivity contribution in [1.82, 2.24) is 5.32 Å². The fraction of sp³-hybridized carbons (Fsp3) is 0.857. The van der Waals surface area contributed by atoms with Crippen LogP contribution in [0.2, 0.25) is 0 Å². The number of nitrogens with one attached hydrogen (secondary N) is 1. The largest absolute Gasteiger partial charge is 0.394 e. The highest BCUT2D eigenvalue weighted by molar-refractivity contribution is 5.80. The number of amides is 1. The van der Waals surface area contributed by atoms with Gasteiger partial charge in [0.25, 0.3) is 0 Å². The molecule has 0 heterocycles. The van der Waals surface area contributed by atoms with Gasteiger partial charge in [-0.3, -0.25) is 4.79 Å². The Bertz CT molecular complexity index is 592. The van der Waals surface area contributed by atoms with Crippen LogP contribution in [0, 0.1) is 0 Å². The molecule has 3 unspecified atom stereocenters. The first-order valence-corrected chi connectivity index (χ1v) is 17.2. The predicted octanol–water partition coefficient (Wildman–Crippen LogP) is 8.70. The summed E-state index contributed by atoms with van der Waals surface area (Å²) < 4.78 is 0. The lowest BCUT2D eigenvalue weighted by molar-refractivity contribution is -0.131. The average molecular weight is 566 g/mol. The molecule has 0 aliphatic heterocycles.